The Bertz CT molecular complexity index is 1680. The van der Waals surface area contributed by atoms with Gasteiger partial charge in [-0.15, -0.1) is 0 Å². The summed E-state index contributed by atoms with van der Waals surface area (Å²) >= 11 is 0. The number of rotatable bonds is 8. The minimum absolute atomic E-state index is 0.00445. The predicted molar refractivity (Wildman–Crippen MR) is 139 cm³/mol. The fourth-order valence-electron chi connectivity index (χ4n) is 3.64. The lowest BCUT2D eigenvalue weighted by Gasteiger charge is -2.12. The first kappa shape index (κ1) is 25.1. The topological polar surface area (TPSA) is 171 Å². The number of carbonyl (C=O) groups is 1. The van der Waals surface area contributed by atoms with Crippen molar-refractivity contribution in [2.45, 2.75) is 11.8 Å². The molecule has 0 radical (unpaired) electrons. The van der Waals surface area contributed by atoms with Gasteiger partial charge in [-0.3, -0.25) is 20.3 Å². The number of nitrogens with one attached hydrogen (secondary N) is 2. The van der Waals surface area contributed by atoms with E-state index in [0.717, 1.165) is 17.5 Å². The van der Waals surface area contributed by atoms with Gasteiger partial charge in [0.1, 0.15) is 11.4 Å². The maximum absolute atomic E-state index is 12.9. The average Bonchev–Trinajstić information content (AvgIpc) is 2.87. The Labute approximate surface area is 210 Å². The van der Waals surface area contributed by atoms with Crippen molar-refractivity contribution in [2.75, 3.05) is 10.1 Å². The van der Waals surface area contributed by atoms with E-state index in [0.29, 0.717) is 16.7 Å². The summed E-state index contributed by atoms with van der Waals surface area (Å²) in [7, 11) is -4.36. The second kappa shape index (κ2) is 9.95. The summed E-state index contributed by atoms with van der Waals surface area (Å²) < 4.78 is 27.9. The van der Waals surface area contributed by atoms with E-state index < -0.39 is 31.5 Å². The van der Waals surface area contributed by atoms with E-state index in [2.05, 4.69) is 15.2 Å². The molecule has 0 heterocycles. The number of fused-ring (bicyclic) bond motifs is 1. The van der Waals surface area contributed by atoms with Crippen LogP contribution in [0.2, 0.25) is 0 Å². The Balaban J connectivity index is 1.64. The molecule has 11 nitrogen and oxygen atoms in total. The van der Waals surface area contributed by atoms with Crippen LogP contribution in [0.25, 0.3) is 10.8 Å². The molecular weight excluding hydrogens is 500 g/mol. The third-order valence-electron chi connectivity index (χ3n) is 5.51. The maximum atomic E-state index is 12.9. The third-order valence-corrected chi connectivity index (χ3v) is 6.88. The van der Waals surface area contributed by atoms with E-state index in [4.69, 9.17) is 0 Å². The quantitative estimate of drug-likeness (QED) is 0.146. The van der Waals surface area contributed by atoms with Gasteiger partial charge in [0.2, 0.25) is 0 Å². The Hall–Kier alpha value is -4.97. The van der Waals surface area contributed by atoms with Crippen LogP contribution < -0.4 is 10.1 Å². The lowest BCUT2D eigenvalue weighted by atomic mass is 10.0. The number of aromatic carboxylic acids is 1. The number of hydrogen-bond donors (Lipinski definition) is 4. The summed E-state index contributed by atoms with van der Waals surface area (Å²) in [4.78, 5) is 21.9. The normalized spacial score (nSPS) is 11.8. The fraction of sp³-hybridized carbons (Fsp3) is 0.0400. The lowest BCUT2D eigenvalue weighted by Crippen LogP contribution is -2.16. The zero-order valence-corrected chi connectivity index (χ0v) is 20.1. The molecule has 0 unspecified atom stereocenters. The zero-order valence-electron chi connectivity index (χ0n) is 19.2. The predicted octanol–water partition coefficient (Wildman–Crippen LogP) is 4.79. The molecule has 4 aromatic carbocycles. The van der Waals surface area contributed by atoms with Crippen LogP contribution in [0.5, 0.6) is 5.75 Å². The summed E-state index contributed by atoms with van der Waals surface area (Å²) in [6, 6.07) is 19.2. The SMILES string of the molecule is C/C(=N/Nc1ccc(S(=O)(=O)Nc2ccccc2C(=O)O)cc1[N+](=O)[O-])c1ccc2ccccc2c1O. The van der Waals surface area contributed by atoms with Crippen LogP contribution in [0.4, 0.5) is 17.1 Å². The number of para-hydroxylation sites is 1. The monoisotopic (exact) mass is 520 g/mol. The standard InChI is InChI=1S/C25H20N4O7S/c1-15(18-12-10-16-6-2-3-7-19(16)24(18)30)26-27-22-13-11-17(14-23(22)29(33)34)37(35,36)28-21-9-5-4-8-20(21)25(31)32/h2-14,27-28,30H,1H3,(H,31,32)/b26-15-. The molecule has 4 aromatic rings. The molecule has 0 aliphatic heterocycles. The first-order chi connectivity index (χ1) is 17.6. The van der Waals surface area contributed by atoms with Gasteiger partial charge in [0, 0.05) is 17.0 Å². The molecule has 0 saturated heterocycles. The number of phenols is 1. The van der Waals surface area contributed by atoms with Crippen molar-refractivity contribution in [3.05, 3.63) is 100 Å². The number of anilines is 2. The molecule has 37 heavy (non-hydrogen) atoms. The van der Waals surface area contributed by atoms with Crippen molar-refractivity contribution in [1.29, 1.82) is 0 Å². The van der Waals surface area contributed by atoms with Crippen molar-refractivity contribution < 1.29 is 28.3 Å². The molecular formula is C25H20N4O7S. The fourth-order valence-corrected chi connectivity index (χ4v) is 4.74. The van der Waals surface area contributed by atoms with Gasteiger partial charge in [0.25, 0.3) is 15.7 Å². The van der Waals surface area contributed by atoms with Crippen molar-refractivity contribution in [1.82, 2.24) is 0 Å². The second-order valence-corrected chi connectivity index (χ2v) is 9.57. The van der Waals surface area contributed by atoms with Crippen LogP contribution >= 0.6 is 0 Å². The van der Waals surface area contributed by atoms with Gasteiger partial charge in [0.05, 0.1) is 26.8 Å². The van der Waals surface area contributed by atoms with Gasteiger partial charge < -0.3 is 10.2 Å². The summed E-state index contributed by atoms with van der Waals surface area (Å²) in [5.74, 6) is -1.33. The Morgan fingerprint density at radius 3 is 2.38 bits per heavy atom. The second-order valence-electron chi connectivity index (χ2n) is 7.88. The highest BCUT2D eigenvalue weighted by Gasteiger charge is 2.23. The highest BCUT2D eigenvalue weighted by Crippen LogP contribution is 2.31. The molecule has 0 aromatic heterocycles. The van der Waals surface area contributed by atoms with E-state index in [1.54, 1.807) is 31.2 Å². The molecule has 0 spiro atoms. The Morgan fingerprint density at radius 1 is 0.946 bits per heavy atom. The van der Waals surface area contributed by atoms with Crippen molar-refractivity contribution in [3.8, 4) is 5.75 Å². The van der Waals surface area contributed by atoms with Crippen LogP contribution in [0, 0.1) is 10.1 Å². The summed E-state index contributed by atoms with van der Waals surface area (Å²) in [6.07, 6.45) is 0. The zero-order chi connectivity index (χ0) is 26.7. The third kappa shape index (κ3) is 5.18. The maximum Gasteiger partial charge on any atom is 0.337 e. The summed E-state index contributed by atoms with van der Waals surface area (Å²) in [5.41, 5.74) is 2.18. The Morgan fingerprint density at radius 2 is 1.65 bits per heavy atom. The number of nitro groups is 1. The molecule has 0 bridgehead atoms. The van der Waals surface area contributed by atoms with Crippen molar-refractivity contribution >= 4 is 49.5 Å². The first-order valence-corrected chi connectivity index (χ1v) is 12.2. The smallest absolute Gasteiger partial charge is 0.337 e. The molecule has 188 valence electrons. The number of nitro benzene ring substituents is 1. The first-order valence-electron chi connectivity index (χ1n) is 10.7. The van der Waals surface area contributed by atoms with Gasteiger partial charge in [-0.2, -0.15) is 5.10 Å². The number of carboxylic acid groups (broad SMARTS) is 1. The van der Waals surface area contributed by atoms with Gasteiger partial charge >= 0.3 is 5.97 Å². The molecule has 12 heteroatoms. The van der Waals surface area contributed by atoms with E-state index >= 15 is 0 Å². The number of carboxylic acids is 1. The number of hydrazone groups is 1. The largest absolute Gasteiger partial charge is 0.507 e. The molecule has 0 aliphatic carbocycles. The highest BCUT2D eigenvalue weighted by molar-refractivity contribution is 7.92. The highest BCUT2D eigenvalue weighted by atomic mass is 32.2. The van der Waals surface area contributed by atoms with E-state index in [1.165, 1.54) is 30.3 Å². The average molecular weight is 521 g/mol. The molecule has 4 rings (SSSR count). The van der Waals surface area contributed by atoms with Gasteiger partial charge in [0.15, 0.2) is 0 Å². The summed E-state index contributed by atoms with van der Waals surface area (Å²) in [5, 5.41) is 37.2. The van der Waals surface area contributed by atoms with Crippen molar-refractivity contribution in [3.63, 3.8) is 0 Å². The molecule has 0 amide bonds. The van der Waals surface area contributed by atoms with Gasteiger partial charge in [-0.25, -0.2) is 13.2 Å². The van der Waals surface area contributed by atoms with Crippen LogP contribution in [0.3, 0.4) is 0 Å². The minimum atomic E-state index is -4.36. The number of hydrogen-bond acceptors (Lipinski definition) is 8. The summed E-state index contributed by atoms with van der Waals surface area (Å²) in [6.45, 7) is 1.60. The van der Waals surface area contributed by atoms with Crippen LogP contribution in [-0.4, -0.2) is 35.2 Å². The van der Waals surface area contributed by atoms with Gasteiger partial charge in [-0.1, -0.05) is 42.5 Å². The van der Waals surface area contributed by atoms with Crippen molar-refractivity contribution in [2.24, 2.45) is 5.10 Å². The lowest BCUT2D eigenvalue weighted by molar-refractivity contribution is -0.384. The molecule has 0 aliphatic rings. The number of sulfonamides is 1. The van der Waals surface area contributed by atoms with E-state index in [-0.39, 0.29) is 22.7 Å². The van der Waals surface area contributed by atoms with Crippen LogP contribution in [-0.2, 0) is 10.0 Å². The van der Waals surface area contributed by atoms with Crippen LogP contribution in [0.1, 0.15) is 22.8 Å². The molecule has 0 fully saturated rings. The minimum Gasteiger partial charge on any atom is -0.507 e. The van der Waals surface area contributed by atoms with E-state index in [1.807, 2.05) is 12.1 Å². The van der Waals surface area contributed by atoms with E-state index in [9.17, 15) is 33.5 Å². The number of phenolic OH excluding ortho intramolecular Hbond substituents is 1. The number of benzene rings is 4. The molecule has 0 saturated carbocycles. The van der Waals surface area contributed by atoms with Gasteiger partial charge in [-0.05, 0) is 42.6 Å². The number of nitrogens with zero attached hydrogens (tertiary/aromatic N) is 2. The van der Waals surface area contributed by atoms with Crippen LogP contribution in [0.15, 0.2) is 88.9 Å². The molecule has 0 atom stereocenters. The Kier molecular flexibility index (Phi) is 6.76. The number of aromatic hydroxyl groups is 1. The molecule has 4 N–H and O–H groups in total.